The van der Waals surface area contributed by atoms with E-state index in [9.17, 15) is 19.7 Å². The van der Waals surface area contributed by atoms with Crippen molar-refractivity contribution in [2.75, 3.05) is 20.3 Å². The Morgan fingerprint density at radius 1 is 1.15 bits per heavy atom. The van der Waals surface area contributed by atoms with Crippen molar-refractivity contribution in [1.29, 1.82) is 0 Å². The highest BCUT2D eigenvalue weighted by Gasteiger charge is 2.19. The van der Waals surface area contributed by atoms with E-state index in [4.69, 9.17) is 9.47 Å². The quantitative estimate of drug-likeness (QED) is 0.440. The average molecular weight is 358 g/mol. The van der Waals surface area contributed by atoms with Gasteiger partial charge in [0.05, 0.1) is 17.6 Å². The number of rotatable bonds is 8. The Morgan fingerprint density at radius 2 is 1.88 bits per heavy atom. The van der Waals surface area contributed by atoms with Crippen LogP contribution in [0.25, 0.3) is 0 Å². The zero-order chi connectivity index (χ0) is 18.9. The van der Waals surface area contributed by atoms with E-state index in [0.29, 0.717) is 13.0 Å². The highest BCUT2D eigenvalue weighted by Crippen LogP contribution is 2.27. The van der Waals surface area contributed by atoms with E-state index in [1.165, 1.54) is 19.2 Å². The third-order valence-electron chi connectivity index (χ3n) is 3.52. The molecule has 26 heavy (non-hydrogen) atoms. The number of nitrogens with zero attached hydrogens (tertiary/aromatic N) is 1. The summed E-state index contributed by atoms with van der Waals surface area (Å²) in [5.41, 5.74) is 0.694. The number of methoxy groups -OCH3 is 1. The van der Waals surface area contributed by atoms with Gasteiger partial charge in [-0.15, -0.1) is 0 Å². The molecule has 0 aliphatic heterocycles. The summed E-state index contributed by atoms with van der Waals surface area (Å²) in [7, 11) is 1.29. The third kappa shape index (κ3) is 5.30. The van der Waals surface area contributed by atoms with E-state index >= 15 is 0 Å². The molecule has 2 aromatic carbocycles. The van der Waals surface area contributed by atoms with Crippen LogP contribution in [0, 0.1) is 10.1 Å². The van der Waals surface area contributed by atoms with E-state index in [0.717, 1.165) is 11.6 Å². The first-order valence-corrected chi connectivity index (χ1v) is 7.81. The van der Waals surface area contributed by atoms with Crippen molar-refractivity contribution in [1.82, 2.24) is 5.32 Å². The fourth-order valence-electron chi connectivity index (χ4n) is 2.22. The Balaban J connectivity index is 1.83. The number of hydrogen-bond donors (Lipinski definition) is 1. The predicted molar refractivity (Wildman–Crippen MR) is 93.1 cm³/mol. The second kappa shape index (κ2) is 9.16. The highest BCUT2D eigenvalue weighted by molar-refractivity contribution is 5.92. The van der Waals surface area contributed by atoms with Crippen molar-refractivity contribution in [2.24, 2.45) is 0 Å². The maximum atomic E-state index is 12.0. The molecule has 0 aliphatic carbocycles. The van der Waals surface area contributed by atoms with Crippen LogP contribution in [0.4, 0.5) is 5.69 Å². The minimum absolute atomic E-state index is 0.0326. The van der Waals surface area contributed by atoms with Gasteiger partial charge in [-0.2, -0.15) is 0 Å². The predicted octanol–water partition coefficient (Wildman–Crippen LogP) is 2.12. The lowest BCUT2D eigenvalue weighted by Gasteiger charge is -2.07. The van der Waals surface area contributed by atoms with Gasteiger partial charge in [-0.25, -0.2) is 4.79 Å². The third-order valence-corrected chi connectivity index (χ3v) is 3.52. The SMILES string of the molecule is COc1ccc(C(=O)OCC(=O)NCCc2ccccc2)cc1[N+](=O)[O-]. The molecule has 0 aromatic heterocycles. The van der Waals surface area contributed by atoms with Crippen molar-refractivity contribution in [3.63, 3.8) is 0 Å². The zero-order valence-corrected chi connectivity index (χ0v) is 14.1. The van der Waals surface area contributed by atoms with E-state index in [1.54, 1.807) is 0 Å². The highest BCUT2D eigenvalue weighted by atomic mass is 16.6. The summed E-state index contributed by atoms with van der Waals surface area (Å²) in [6, 6.07) is 13.3. The van der Waals surface area contributed by atoms with Gasteiger partial charge in [-0.1, -0.05) is 30.3 Å². The lowest BCUT2D eigenvalue weighted by molar-refractivity contribution is -0.385. The van der Waals surface area contributed by atoms with Crippen molar-refractivity contribution in [2.45, 2.75) is 6.42 Å². The number of benzene rings is 2. The first kappa shape index (κ1) is 18.9. The van der Waals surface area contributed by atoms with Gasteiger partial charge >= 0.3 is 11.7 Å². The molecule has 8 nitrogen and oxygen atoms in total. The van der Waals surface area contributed by atoms with E-state index < -0.39 is 23.4 Å². The molecular formula is C18H18N2O6. The molecule has 2 rings (SSSR count). The number of carbonyl (C=O) groups is 2. The number of ether oxygens (including phenoxy) is 2. The monoisotopic (exact) mass is 358 g/mol. The summed E-state index contributed by atoms with van der Waals surface area (Å²) in [5.74, 6) is -1.24. The average Bonchev–Trinajstić information content (AvgIpc) is 2.66. The Hall–Kier alpha value is -3.42. The maximum Gasteiger partial charge on any atom is 0.338 e. The second-order valence-electron chi connectivity index (χ2n) is 5.31. The molecular weight excluding hydrogens is 340 g/mol. The topological polar surface area (TPSA) is 108 Å². The molecule has 1 N–H and O–H groups in total. The molecule has 0 fully saturated rings. The molecule has 0 spiro atoms. The van der Waals surface area contributed by atoms with Crippen molar-refractivity contribution in [3.8, 4) is 5.75 Å². The number of esters is 1. The van der Waals surface area contributed by atoms with Gasteiger partial charge in [-0.3, -0.25) is 14.9 Å². The molecule has 0 unspecified atom stereocenters. The van der Waals surface area contributed by atoms with E-state index in [2.05, 4.69) is 5.32 Å². The molecule has 136 valence electrons. The number of nitro groups is 1. The summed E-state index contributed by atoms with van der Waals surface area (Å²) in [4.78, 5) is 34.0. The number of hydrogen-bond acceptors (Lipinski definition) is 6. The minimum Gasteiger partial charge on any atom is -0.490 e. The van der Waals surface area contributed by atoms with Crippen LogP contribution in [0.3, 0.4) is 0 Å². The van der Waals surface area contributed by atoms with E-state index in [-0.39, 0.29) is 17.0 Å². The van der Waals surface area contributed by atoms with Crippen LogP contribution < -0.4 is 10.1 Å². The summed E-state index contributed by atoms with van der Waals surface area (Å²) in [6.45, 7) is -0.0537. The lowest BCUT2D eigenvalue weighted by atomic mass is 10.1. The van der Waals surface area contributed by atoms with Crippen LogP contribution in [-0.2, 0) is 16.0 Å². The summed E-state index contributed by atoms with van der Waals surface area (Å²) >= 11 is 0. The summed E-state index contributed by atoms with van der Waals surface area (Å²) < 4.78 is 9.75. The lowest BCUT2D eigenvalue weighted by Crippen LogP contribution is -2.30. The second-order valence-corrected chi connectivity index (χ2v) is 5.31. The smallest absolute Gasteiger partial charge is 0.338 e. The van der Waals surface area contributed by atoms with Gasteiger partial charge < -0.3 is 14.8 Å². The van der Waals surface area contributed by atoms with Gasteiger partial charge in [0, 0.05) is 12.6 Å². The Bertz CT molecular complexity index is 792. The molecule has 0 bridgehead atoms. The number of carbonyl (C=O) groups excluding carboxylic acids is 2. The molecule has 0 saturated heterocycles. The van der Waals surface area contributed by atoms with Crippen LogP contribution in [-0.4, -0.2) is 37.1 Å². The molecule has 8 heteroatoms. The van der Waals surface area contributed by atoms with Gasteiger partial charge in [0.1, 0.15) is 0 Å². The standard InChI is InChI=1S/C18H18N2O6/c1-25-16-8-7-14(11-15(16)20(23)24)18(22)26-12-17(21)19-10-9-13-5-3-2-4-6-13/h2-8,11H,9-10,12H2,1H3,(H,19,21). The molecule has 1 amide bonds. The Labute approximate surface area is 149 Å². The van der Waals surface area contributed by atoms with Crippen molar-refractivity contribution < 1.29 is 24.0 Å². The Morgan fingerprint density at radius 3 is 2.54 bits per heavy atom. The minimum atomic E-state index is -0.825. The van der Waals surface area contributed by atoms with Gasteiger partial charge in [-0.05, 0) is 24.1 Å². The van der Waals surface area contributed by atoms with Crippen LogP contribution in [0.1, 0.15) is 15.9 Å². The van der Waals surface area contributed by atoms with Gasteiger partial charge in [0.25, 0.3) is 5.91 Å². The first-order chi connectivity index (χ1) is 12.5. The molecule has 0 atom stereocenters. The molecule has 0 saturated carbocycles. The first-order valence-electron chi connectivity index (χ1n) is 7.81. The summed E-state index contributed by atoms with van der Waals surface area (Å²) in [6.07, 6.45) is 0.658. The maximum absolute atomic E-state index is 12.0. The van der Waals surface area contributed by atoms with Crippen LogP contribution >= 0.6 is 0 Å². The van der Waals surface area contributed by atoms with Crippen LogP contribution in [0.2, 0.25) is 0 Å². The number of nitrogens with one attached hydrogen (secondary N) is 1. The van der Waals surface area contributed by atoms with Gasteiger partial charge in [0.2, 0.25) is 0 Å². The molecule has 0 aliphatic rings. The normalized spacial score (nSPS) is 10.0. The van der Waals surface area contributed by atoms with Crippen LogP contribution in [0.5, 0.6) is 5.75 Å². The van der Waals surface area contributed by atoms with Gasteiger partial charge in [0.15, 0.2) is 12.4 Å². The van der Waals surface area contributed by atoms with Crippen LogP contribution in [0.15, 0.2) is 48.5 Å². The fraction of sp³-hybridized carbons (Fsp3) is 0.222. The number of nitro benzene ring substituents is 1. The summed E-state index contributed by atoms with van der Waals surface area (Å²) in [5, 5.41) is 13.6. The Kier molecular flexibility index (Phi) is 6.67. The number of amides is 1. The van der Waals surface area contributed by atoms with Crippen molar-refractivity contribution in [3.05, 3.63) is 69.8 Å². The largest absolute Gasteiger partial charge is 0.490 e. The zero-order valence-electron chi connectivity index (χ0n) is 14.1. The van der Waals surface area contributed by atoms with E-state index in [1.807, 2.05) is 30.3 Å². The molecule has 2 aromatic rings. The van der Waals surface area contributed by atoms with Crippen molar-refractivity contribution >= 4 is 17.6 Å². The molecule has 0 radical (unpaired) electrons. The molecule has 0 heterocycles. The fourth-order valence-corrected chi connectivity index (χ4v) is 2.22.